The van der Waals surface area contributed by atoms with Crippen LogP contribution in [0.1, 0.15) is 39.9 Å². The SMILES string of the molecule is Cc1cc(C#N)ccc1C1=C(O)N(c2ccc(C(=O)NCC3CCCO3)cn2)NC1. The van der Waals surface area contributed by atoms with Crippen LogP contribution in [0.5, 0.6) is 0 Å². The summed E-state index contributed by atoms with van der Waals surface area (Å²) in [6.45, 7) is 3.57. The van der Waals surface area contributed by atoms with E-state index in [-0.39, 0.29) is 17.9 Å². The summed E-state index contributed by atoms with van der Waals surface area (Å²) in [6, 6.07) is 10.8. The van der Waals surface area contributed by atoms with E-state index in [1.807, 2.05) is 13.0 Å². The molecule has 4 rings (SSSR count). The maximum Gasteiger partial charge on any atom is 0.252 e. The van der Waals surface area contributed by atoms with Crippen molar-refractivity contribution >= 4 is 17.3 Å². The molecule has 3 N–H and O–H groups in total. The van der Waals surface area contributed by atoms with E-state index in [2.05, 4.69) is 21.8 Å². The number of hydrazine groups is 1. The lowest BCUT2D eigenvalue weighted by atomic mass is 9.99. The van der Waals surface area contributed by atoms with Crippen LogP contribution in [0.2, 0.25) is 0 Å². The fourth-order valence-corrected chi connectivity index (χ4v) is 3.69. The number of ether oxygens (including phenoxy) is 1. The smallest absolute Gasteiger partial charge is 0.252 e. The topological polar surface area (TPSA) is 111 Å². The summed E-state index contributed by atoms with van der Waals surface area (Å²) in [5, 5.41) is 24.1. The Morgan fingerprint density at radius 3 is 2.97 bits per heavy atom. The number of amides is 1. The Bertz CT molecular complexity index is 1020. The number of carbonyl (C=O) groups excluding carboxylic acids is 1. The van der Waals surface area contributed by atoms with Crippen LogP contribution in [0.15, 0.2) is 42.4 Å². The third kappa shape index (κ3) is 3.99. The number of hydrogen-bond donors (Lipinski definition) is 3. The van der Waals surface area contributed by atoms with Gasteiger partial charge in [0.1, 0.15) is 5.82 Å². The van der Waals surface area contributed by atoms with Crippen molar-refractivity contribution in [2.45, 2.75) is 25.9 Å². The first kappa shape index (κ1) is 19.9. The molecule has 1 aromatic carbocycles. The molecule has 0 bridgehead atoms. The predicted molar refractivity (Wildman–Crippen MR) is 111 cm³/mol. The number of carbonyl (C=O) groups is 1. The molecule has 0 radical (unpaired) electrons. The quantitative estimate of drug-likeness (QED) is 0.701. The van der Waals surface area contributed by atoms with Gasteiger partial charge in [0.05, 0.1) is 23.3 Å². The molecular weight excluding hydrogens is 382 g/mol. The van der Waals surface area contributed by atoms with Gasteiger partial charge in [0, 0.05) is 31.5 Å². The highest BCUT2D eigenvalue weighted by atomic mass is 16.5. The van der Waals surface area contributed by atoms with Crippen LogP contribution in [0, 0.1) is 18.3 Å². The molecule has 1 saturated heterocycles. The van der Waals surface area contributed by atoms with Crippen molar-refractivity contribution in [2.75, 3.05) is 24.7 Å². The number of benzene rings is 1. The first-order valence-electron chi connectivity index (χ1n) is 9.89. The van der Waals surface area contributed by atoms with Crippen LogP contribution in [0.3, 0.4) is 0 Å². The zero-order valence-electron chi connectivity index (χ0n) is 16.7. The molecule has 0 saturated carbocycles. The Kier molecular flexibility index (Phi) is 5.65. The van der Waals surface area contributed by atoms with Crippen LogP contribution >= 0.6 is 0 Å². The minimum Gasteiger partial charge on any atom is -0.493 e. The first-order chi connectivity index (χ1) is 14.6. The number of aromatic nitrogens is 1. The standard InChI is InChI=1S/C22H23N5O3/c1-14-9-15(10-23)4-6-18(14)19-13-26-27(22(19)29)20-7-5-16(11-24-20)21(28)25-12-17-3-2-8-30-17/h4-7,9,11,17,26,29H,2-3,8,12-13H2,1H3,(H,25,28). The maximum atomic E-state index is 12.3. The fraction of sp³-hybridized carbons (Fsp3) is 0.318. The second-order valence-electron chi connectivity index (χ2n) is 7.36. The predicted octanol–water partition coefficient (Wildman–Crippen LogP) is 2.42. The molecule has 8 nitrogen and oxygen atoms in total. The van der Waals surface area contributed by atoms with E-state index in [9.17, 15) is 9.90 Å². The minimum atomic E-state index is -0.201. The summed E-state index contributed by atoms with van der Waals surface area (Å²) in [4.78, 5) is 16.6. The molecule has 0 aliphatic carbocycles. The molecule has 8 heteroatoms. The van der Waals surface area contributed by atoms with E-state index in [1.165, 1.54) is 11.2 Å². The number of rotatable bonds is 5. The number of nitrogens with one attached hydrogen (secondary N) is 2. The summed E-state index contributed by atoms with van der Waals surface area (Å²) < 4.78 is 5.51. The molecule has 154 valence electrons. The van der Waals surface area contributed by atoms with Gasteiger partial charge in [0.2, 0.25) is 5.88 Å². The number of anilines is 1. The highest BCUT2D eigenvalue weighted by Gasteiger charge is 2.26. The number of aliphatic hydroxyl groups excluding tert-OH is 1. The van der Waals surface area contributed by atoms with Gasteiger partial charge in [-0.25, -0.2) is 15.4 Å². The van der Waals surface area contributed by atoms with Gasteiger partial charge in [-0.3, -0.25) is 4.79 Å². The summed E-state index contributed by atoms with van der Waals surface area (Å²) in [7, 11) is 0. The summed E-state index contributed by atoms with van der Waals surface area (Å²) in [6.07, 6.45) is 3.56. The van der Waals surface area contributed by atoms with Gasteiger partial charge < -0.3 is 15.2 Å². The average molecular weight is 405 g/mol. The highest BCUT2D eigenvalue weighted by Crippen LogP contribution is 2.29. The van der Waals surface area contributed by atoms with Crippen LogP contribution in [0.4, 0.5) is 5.82 Å². The number of pyridine rings is 1. The second kappa shape index (κ2) is 8.53. The molecule has 1 amide bonds. The van der Waals surface area contributed by atoms with Gasteiger partial charge >= 0.3 is 0 Å². The molecule has 30 heavy (non-hydrogen) atoms. The van der Waals surface area contributed by atoms with Crippen LogP contribution in [0.25, 0.3) is 5.57 Å². The van der Waals surface area contributed by atoms with E-state index in [1.54, 1.807) is 24.3 Å². The van der Waals surface area contributed by atoms with Gasteiger partial charge in [-0.05, 0) is 55.2 Å². The molecule has 1 fully saturated rings. The Morgan fingerprint density at radius 2 is 2.30 bits per heavy atom. The molecule has 0 spiro atoms. The van der Waals surface area contributed by atoms with E-state index in [0.29, 0.717) is 30.0 Å². The van der Waals surface area contributed by atoms with Crippen molar-refractivity contribution in [1.29, 1.82) is 5.26 Å². The number of nitrogens with zero attached hydrogens (tertiary/aromatic N) is 3. The zero-order chi connectivity index (χ0) is 21.1. The van der Waals surface area contributed by atoms with Gasteiger partial charge in [0.25, 0.3) is 5.91 Å². The van der Waals surface area contributed by atoms with Gasteiger partial charge in [0.15, 0.2) is 0 Å². The molecular formula is C22H23N5O3. The molecule has 1 atom stereocenters. The second-order valence-corrected chi connectivity index (χ2v) is 7.36. The molecule has 1 unspecified atom stereocenters. The molecule has 2 aromatic rings. The van der Waals surface area contributed by atoms with E-state index >= 15 is 0 Å². The van der Waals surface area contributed by atoms with Gasteiger partial charge in [-0.1, -0.05) is 6.07 Å². The Balaban J connectivity index is 1.46. The largest absolute Gasteiger partial charge is 0.493 e. The van der Waals surface area contributed by atoms with Gasteiger partial charge in [-0.2, -0.15) is 5.26 Å². The number of nitriles is 1. The van der Waals surface area contributed by atoms with Crippen LogP contribution in [-0.4, -0.2) is 41.8 Å². The van der Waals surface area contributed by atoms with Crippen molar-refractivity contribution in [2.24, 2.45) is 0 Å². The monoisotopic (exact) mass is 405 g/mol. The summed E-state index contributed by atoms with van der Waals surface area (Å²) >= 11 is 0. The zero-order valence-corrected chi connectivity index (χ0v) is 16.7. The highest BCUT2D eigenvalue weighted by molar-refractivity contribution is 5.94. The Hall–Kier alpha value is -3.41. The van der Waals surface area contributed by atoms with Crippen molar-refractivity contribution in [3.8, 4) is 6.07 Å². The maximum absolute atomic E-state index is 12.3. The number of aryl methyl sites for hydroxylation is 1. The average Bonchev–Trinajstić information content (AvgIpc) is 3.42. The Labute approximate surface area is 174 Å². The molecule has 2 aliphatic heterocycles. The Morgan fingerprint density at radius 1 is 1.43 bits per heavy atom. The van der Waals surface area contributed by atoms with Crippen molar-refractivity contribution in [3.63, 3.8) is 0 Å². The minimum absolute atomic E-state index is 0.0471. The van der Waals surface area contributed by atoms with E-state index in [0.717, 1.165) is 36.1 Å². The molecule has 3 heterocycles. The lowest BCUT2D eigenvalue weighted by Crippen LogP contribution is -2.33. The lowest BCUT2D eigenvalue weighted by molar-refractivity contribution is 0.0857. The lowest BCUT2D eigenvalue weighted by Gasteiger charge is -2.17. The third-order valence-corrected chi connectivity index (χ3v) is 5.33. The fourth-order valence-electron chi connectivity index (χ4n) is 3.69. The van der Waals surface area contributed by atoms with Crippen LogP contribution < -0.4 is 15.8 Å². The number of aliphatic hydroxyl groups is 1. The van der Waals surface area contributed by atoms with Crippen molar-refractivity contribution in [1.82, 2.24) is 15.7 Å². The summed E-state index contributed by atoms with van der Waals surface area (Å²) in [5.74, 6) is 0.322. The molecule has 2 aliphatic rings. The van der Waals surface area contributed by atoms with Gasteiger partial charge in [-0.15, -0.1) is 0 Å². The van der Waals surface area contributed by atoms with E-state index in [4.69, 9.17) is 10.00 Å². The summed E-state index contributed by atoms with van der Waals surface area (Å²) in [5.41, 5.74) is 6.62. The van der Waals surface area contributed by atoms with Crippen LogP contribution in [-0.2, 0) is 4.74 Å². The third-order valence-electron chi connectivity index (χ3n) is 5.33. The first-order valence-corrected chi connectivity index (χ1v) is 9.89. The number of hydrogen-bond acceptors (Lipinski definition) is 7. The molecule has 1 aromatic heterocycles. The van der Waals surface area contributed by atoms with Crippen molar-refractivity contribution < 1.29 is 14.6 Å². The van der Waals surface area contributed by atoms with Crippen molar-refractivity contribution in [3.05, 3.63) is 64.7 Å². The normalized spacial score (nSPS) is 18.5. The van der Waals surface area contributed by atoms with E-state index < -0.39 is 0 Å².